The number of hydrogen-bond donors (Lipinski definition) is 4. The standard InChI is InChI=1S/C16H16N6O2/c17-13(19-21-15(23)11-7-3-1-4-8-11)14(18)20-22-16(24)12-9-5-2-6-10-12/h1-10H,(H2,17,19)(H2,18,20)(H,21,23)(H,22,24). The van der Waals surface area contributed by atoms with Crippen molar-refractivity contribution in [3.8, 4) is 0 Å². The predicted molar refractivity (Wildman–Crippen MR) is 91.1 cm³/mol. The number of nitrogens with zero attached hydrogens (tertiary/aromatic N) is 2. The third-order valence-electron chi connectivity index (χ3n) is 2.89. The van der Waals surface area contributed by atoms with Gasteiger partial charge in [0.1, 0.15) is 0 Å². The molecule has 2 aromatic carbocycles. The fourth-order valence-electron chi connectivity index (χ4n) is 1.64. The van der Waals surface area contributed by atoms with Crippen molar-refractivity contribution >= 4 is 23.5 Å². The highest BCUT2D eigenvalue weighted by atomic mass is 16.2. The van der Waals surface area contributed by atoms with E-state index in [0.717, 1.165) is 0 Å². The number of hydrogen-bond acceptors (Lipinski definition) is 4. The van der Waals surface area contributed by atoms with Crippen molar-refractivity contribution in [3.63, 3.8) is 0 Å². The zero-order valence-corrected chi connectivity index (χ0v) is 12.6. The molecule has 8 heteroatoms. The van der Waals surface area contributed by atoms with E-state index in [1.807, 2.05) is 0 Å². The Bertz CT molecular complexity index is 704. The lowest BCUT2D eigenvalue weighted by Gasteiger charge is -2.03. The van der Waals surface area contributed by atoms with Gasteiger partial charge < -0.3 is 11.5 Å². The van der Waals surface area contributed by atoms with Gasteiger partial charge in [-0.1, -0.05) is 36.4 Å². The second-order valence-electron chi connectivity index (χ2n) is 4.61. The molecule has 0 aliphatic carbocycles. The van der Waals surface area contributed by atoms with Crippen LogP contribution < -0.4 is 22.3 Å². The van der Waals surface area contributed by atoms with Crippen LogP contribution in [0.15, 0.2) is 70.9 Å². The molecule has 0 aromatic heterocycles. The number of carbonyl (C=O) groups is 2. The lowest BCUT2D eigenvalue weighted by Crippen LogP contribution is -2.36. The molecule has 0 saturated carbocycles. The average molecular weight is 324 g/mol. The topological polar surface area (TPSA) is 135 Å². The highest BCUT2D eigenvalue weighted by molar-refractivity contribution is 6.39. The molecule has 0 aliphatic rings. The summed E-state index contributed by atoms with van der Waals surface area (Å²) in [7, 11) is 0. The minimum absolute atomic E-state index is 0.229. The molecule has 2 rings (SSSR count). The number of nitrogens with two attached hydrogens (primary N) is 2. The van der Waals surface area contributed by atoms with Gasteiger partial charge in [-0.2, -0.15) is 10.2 Å². The summed E-state index contributed by atoms with van der Waals surface area (Å²) in [5.74, 6) is -1.35. The second kappa shape index (κ2) is 8.08. The highest BCUT2D eigenvalue weighted by Gasteiger charge is 2.06. The van der Waals surface area contributed by atoms with Crippen molar-refractivity contribution in [1.29, 1.82) is 0 Å². The van der Waals surface area contributed by atoms with E-state index in [-0.39, 0.29) is 11.7 Å². The van der Waals surface area contributed by atoms with Crippen LogP contribution in [0, 0.1) is 0 Å². The molecule has 0 spiro atoms. The van der Waals surface area contributed by atoms with Gasteiger partial charge in [-0.25, -0.2) is 10.9 Å². The van der Waals surface area contributed by atoms with Crippen LogP contribution in [0.3, 0.4) is 0 Å². The summed E-state index contributed by atoms with van der Waals surface area (Å²) in [5.41, 5.74) is 16.5. The number of benzene rings is 2. The van der Waals surface area contributed by atoms with Gasteiger partial charge in [0.25, 0.3) is 11.8 Å². The molecular formula is C16H16N6O2. The molecule has 6 N–H and O–H groups in total. The second-order valence-corrected chi connectivity index (χ2v) is 4.61. The van der Waals surface area contributed by atoms with Crippen molar-refractivity contribution in [2.24, 2.45) is 21.7 Å². The molecule has 8 nitrogen and oxygen atoms in total. The Morgan fingerprint density at radius 1 is 0.667 bits per heavy atom. The Labute approximate surface area is 138 Å². The van der Waals surface area contributed by atoms with Crippen LogP contribution in [0.25, 0.3) is 0 Å². The van der Waals surface area contributed by atoms with Gasteiger partial charge in [0.2, 0.25) is 0 Å². The third-order valence-corrected chi connectivity index (χ3v) is 2.89. The average Bonchev–Trinajstić information content (AvgIpc) is 2.64. The van der Waals surface area contributed by atoms with E-state index in [4.69, 9.17) is 11.5 Å². The number of nitrogens with one attached hydrogen (secondary N) is 2. The van der Waals surface area contributed by atoms with Crippen molar-refractivity contribution < 1.29 is 9.59 Å². The fraction of sp³-hybridized carbons (Fsp3) is 0. The summed E-state index contributed by atoms with van der Waals surface area (Å²) >= 11 is 0. The molecule has 0 fully saturated rings. The van der Waals surface area contributed by atoms with Gasteiger partial charge in [-0.05, 0) is 24.3 Å². The SMILES string of the molecule is NC(=N/NC(=O)c1ccccc1)/C(N)=N\NC(=O)c1ccccc1. The lowest BCUT2D eigenvalue weighted by molar-refractivity contribution is 0.0946. The largest absolute Gasteiger partial charge is 0.379 e. The van der Waals surface area contributed by atoms with Gasteiger partial charge >= 0.3 is 0 Å². The maximum atomic E-state index is 11.8. The van der Waals surface area contributed by atoms with Gasteiger partial charge in [0, 0.05) is 11.1 Å². The number of amidine groups is 2. The number of hydrazone groups is 2. The summed E-state index contributed by atoms with van der Waals surface area (Å²) in [6, 6.07) is 16.9. The van der Waals surface area contributed by atoms with Crippen molar-refractivity contribution in [1.82, 2.24) is 10.9 Å². The Balaban J connectivity index is 1.94. The van der Waals surface area contributed by atoms with E-state index < -0.39 is 11.8 Å². The van der Waals surface area contributed by atoms with E-state index >= 15 is 0 Å². The molecule has 0 bridgehead atoms. The molecular weight excluding hydrogens is 308 g/mol. The molecule has 0 heterocycles. The molecule has 0 radical (unpaired) electrons. The quantitative estimate of drug-likeness (QED) is 0.367. The van der Waals surface area contributed by atoms with E-state index in [9.17, 15) is 9.59 Å². The van der Waals surface area contributed by atoms with Crippen LogP contribution in [0.2, 0.25) is 0 Å². The Hall–Kier alpha value is -3.68. The summed E-state index contributed by atoms with van der Waals surface area (Å²) in [5, 5.41) is 7.28. The van der Waals surface area contributed by atoms with Crippen LogP contribution in [0.5, 0.6) is 0 Å². The van der Waals surface area contributed by atoms with Crippen LogP contribution in [-0.2, 0) is 0 Å². The normalized spacial score (nSPS) is 11.7. The summed E-state index contributed by atoms with van der Waals surface area (Å²) in [4.78, 5) is 23.6. The highest BCUT2D eigenvalue weighted by Crippen LogP contribution is 1.98. The molecule has 0 unspecified atom stereocenters. The molecule has 0 aliphatic heterocycles. The molecule has 2 amide bonds. The first-order valence-corrected chi connectivity index (χ1v) is 6.95. The van der Waals surface area contributed by atoms with E-state index in [1.165, 1.54) is 0 Å². The van der Waals surface area contributed by atoms with Crippen LogP contribution in [0.1, 0.15) is 20.7 Å². The smallest absolute Gasteiger partial charge is 0.271 e. The molecule has 24 heavy (non-hydrogen) atoms. The first kappa shape index (κ1) is 16.7. The first-order chi connectivity index (χ1) is 11.6. The minimum Gasteiger partial charge on any atom is -0.379 e. The van der Waals surface area contributed by atoms with E-state index in [0.29, 0.717) is 11.1 Å². The van der Waals surface area contributed by atoms with Gasteiger partial charge in [0.15, 0.2) is 11.7 Å². The van der Waals surface area contributed by atoms with Gasteiger partial charge in [0.05, 0.1) is 0 Å². The van der Waals surface area contributed by atoms with E-state index in [1.54, 1.807) is 60.7 Å². The van der Waals surface area contributed by atoms with Crippen LogP contribution in [0.4, 0.5) is 0 Å². The van der Waals surface area contributed by atoms with Crippen molar-refractivity contribution in [3.05, 3.63) is 71.8 Å². The first-order valence-electron chi connectivity index (χ1n) is 6.95. The molecule has 122 valence electrons. The zero-order chi connectivity index (χ0) is 17.4. The van der Waals surface area contributed by atoms with Crippen LogP contribution >= 0.6 is 0 Å². The maximum absolute atomic E-state index is 11.8. The number of amides is 2. The number of carbonyl (C=O) groups excluding carboxylic acids is 2. The maximum Gasteiger partial charge on any atom is 0.271 e. The monoisotopic (exact) mass is 324 g/mol. The van der Waals surface area contributed by atoms with Crippen LogP contribution in [-0.4, -0.2) is 23.5 Å². The van der Waals surface area contributed by atoms with E-state index in [2.05, 4.69) is 21.1 Å². The zero-order valence-electron chi connectivity index (χ0n) is 12.6. The Morgan fingerprint density at radius 2 is 1.00 bits per heavy atom. The lowest BCUT2D eigenvalue weighted by atomic mass is 10.2. The van der Waals surface area contributed by atoms with Crippen molar-refractivity contribution in [2.45, 2.75) is 0 Å². The molecule has 0 saturated heterocycles. The fourth-order valence-corrected chi connectivity index (χ4v) is 1.64. The number of rotatable bonds is 4. The molecule has 0 atom stereocenters. The van der Waals surface area contributed by atoms with Gasteiger partial charge in [-0.15, -0.1) is 0 Å². The predicted octanol–water partition coefficient (Wildman–Crippen LogP) is 0.391. The third kappa shape index (κ3) is 4.67. The van der Waals surface area contributed by atoms with Gasteiger partial charge in [-0.3, -0.25) is 9.59 Å². The Morgan fingerprint density at radius 3 is 1.33 bits per heavy atom. The minimum atomic E-state index is -0.445. The summed E-state index contributed by atoms with van der Waals surface area (Å²) < 4.78 is 0. The molecule has 2 aromatic rings. The van der Waals surface area contributed by atoms with Crippen molar-refractivity contribution in [2.75, 3.05) is 0 Å². The summed E-state index contributed by atoms with van der Waals surface area (Å²) in [6.07, 6.45) is 0. The Kier molecular flexibility index (Phi) is 5.62. The summed E-state index contributed by atoms with van der Waals surface area (Å²) in [6.45, 7) is 0.